The number of aliphatic hydroxyl groups excluding tert-OH is 1. The van der Waals surface area contributed by atoms with Gasteiger partial charge in [0.15, 0.2) is 0 Å². The van der Waals surface area contributed by atoms with Gasteiger partial charge in [0, 0.05) is 13.0 Å². The van der Waals surface area contributed by atoms with E-state index in [1.165, 1.54) is 0 Å². The summed E-state index contributed by atoms with van der Waals surface area (Å²) >= 11 is 0. The van der Waals surface area contributed by atoms with Crippen molar-refractivity contribution >= 4 is 17.8 Å². The molecular weight excluding hydrogens is 422 g/mol. The van der Waals surface area contributed by atoms with E-state index in [1.54, 1.807) is 0 Å². The Morgan fingerprint density at radius 1 is 0.879 bits per heavy atom. The molecule has 8 heteroatoms. The van der Waals surface area contributed by atoms with E-state index in [0.717, 1.165) is 11.1 Å². The second-order valence-corrected chi connectivity index (χ2v) is 8.29. The van der Waals surface area contributed by atoms with Gasteiger partial charge in [-0.3, -0.25) is 9.59 Å². The molecule has 2 rings (SSSR count). The maximum absolute atomic E-state index is 13.1. The highest BCUT2D eigenvalue weighted by atomic mass is 16.5. The Morgan fingerprint density at radius 3 is 1.97 bits per heavy atom. The molecule has 0 saturated heterocycles. The van der Waals surface area contributed by atoms with Gasteiger partial charge in [-0.2, -0.15) is 0 Å². The van der Waals surface area contributed by atoms with Gasteiger partial charge < -0.3 is 26.2 Å². The highest BCUT2D eigenvalue weighted by molar-refractivity contribution is 5.92. The number of hydrogen-bond donors (Lipinski definition) is 4. The fourth-order valence-corrected chi connectivity index (χ4v) is 3.22. The van der Waals surface area contributed by atoms with Crippen molar-refractivity contribution in [2.75, 3.05) is 6.54 Å². The number of amides is 2. The van der Waals surface area contributed by atoms with Crippen LogP contribution >= 0.6 is 0 Å². The summed E-state index contributed by atoms with van der Waals surface area (Å²) in [5.41, 5.74) is 7.01. The van der Waals surface area contributed by atoms with Gasteiger partial charge >= 0.3 is 5.97 Å². The topological polar surface area (TPSA) is 131 Å². The summed E-state index contributed by atoms with van der Waals surface area (Å²) in [6.45, 7) is 3.69. The van der Waals surface area contributed by atoms with Gasteiger partial charge in [0.05, 0.1) is 0 Å². The molecule has 0 unspecified atom stereocenters. The standard InChI is InChI=1S/C25H33N3O5/c1-17(2)13-21(25(32)33-16-19-11-7-4-8-12-19)28-23(30)20(27-24(31)22(29)15-26)14-18-9-5-3-6-10-18/h3-12,17,20-22,29H,13-16,26H2,1-2H3,(H,27,31)(H,28,30)/t20-,21-,22-/m0/s1. The first-order valence-electron chi connectivity index (χ1n) is 11.0. The molecule has 2 amide bonds. The Balaban J connectivity index is 2.12. The van der Waals surface area contributed by atoms with Crippen molar-refractivity contribution in [3.8, 4) is 0 Å². The van der Waals surface area contributed by atoms with Crippen LogP contribution in [-0.4, -0.2) is 47.6 Å². The van der Waals surface area contributed by atoms with Crippen molar-refractivity contribution in [2.45, 2.75) is 51.5 Å². The summed E-state index contributed by atoms with van der Waals surface area (Å²) < 4.78 is 5.43. The van der Waals surface area contributed by atoms with E-state index in [0.29, 0.717) is 6.42 Å². The first kappa shape index (κ1) is 26.0. The number of benzene rings is 2. The number of nitrogens with two attached hydrogens (primary N) is 1. The zero-order valence-corrected chi connectivity index (χ0v) is 19.1. The number of esters is 1. The third-order valence-corrected chi connectivity index (χ3v) is 4.97. The normalized spacial score (nSPS) is 13.6. The number of ether oxygens (including phenoxy) is 1. The van der Waals surface area contributed by atoms with E-state index in [2.05, 4.69) is 10.6 Å². The molecule has 0 aliphatic heterocycles. The zero-order chi connectivity index (χ0) is 24.2. The molecular formula is C25H33N3O5. The SMILES string of the molecule is CC(C)C[C@H](NC(=O)[C@H](Cc1ccccc1)NC(=O)[C@@H](O)CN)C(=O)OCc1ccccc1. The number of rotatable bonds is 12. The number of nitrogens with one attached hydrogen (secondary N) is 2. The summed E-state index contributed by atoms with van der Waals surface area (Å²) in [4.78, 5) is 38.1. The first-order valence-corrected chi connectivity index (χ1v) is 11.0. The van der Waals surface area contributed by atoms with Gasteiger partial charge in [0.25, 0.3) is 5.91 Å². The molecule has 3 atom stereocenters. The summed E-state index contributed by atoms with van der Waals surface area (Å²) in [5, 5.41) is 15.0. The van der Waals surface area contributed by atoms with Gasteiger partial charge in [-0.1, -0.05) is 74.5 Å². The Labute approximate surface area is 194 Å². The average molecular weight is 456 g/mol. The van der Waals surface area contributed by atoms with Gasteiger partial charge in [-0.25, -0.2) is 4.79 Å². The Bertz CT molecular complexity index is 889. The maximum atomic E-state index is 13.1. The van der Waals surface area contributed by atoms with E-state index in [9.17, 15) is 19.5 Å². The van der Waals surface area contributed by atoms with Gasteiger partial charge in [-0.05, 0) is 23.5 Å². The molecule has 0 heterocycles. The van der Waals surface area contributed by atoms with Crippen LogP contribution in [0.2, 0.25) is 0 Å². The molecule has 0 fully saturated rings. The van der Waals surface area contributed by atoms with Crippen LogP contribution in [0.15, 0.2) is 60.7 Å². The Kier molecular flexibility index (Phi) is 10.5. The van der Waals surface area contributed by atoms with E-state index in [-0.39, 0.29) is 25.5 Å². The minimum atomic E-state index is -1.43. The van der Waals surface area contributed by atoms with E-state index in [4.69, 9.17) is 10.5 Å². The quantitative estimate of drug-likeness (QED) is 0.357. The van der Waals surface area contributed by atoms with Gasteiger partial charge in [0.2, 0.25) is 5.91 Å². The second kappa shape index (κ2) is 13.3. The molecule has 33 heavy (non-hydrogen) atoms. The number of hydrogen-bond acceptors (Lipinski definition) is 6. The molecule has 0 aliphatic carbocycles. The lowest BCUT2D eigenvalue weighted by Gasteiger charge is -2.24. The largest absolute Gasteiger partial charge is 0.459 e. The van der Waals surface area contributed by atoms with Crippen LogP contribution in [0.5, 0.6) is 0 Å². The highest BCUT2D eigenvalue weighted by Gasteiger charge is 2.29. The van der Waals surface area contributed by atoms with E-state index < -0.39 is 36.0 Å². The summed E-state index contributed by atoms with van der Waals surface area (Å²) in [6.07, 6.45) is -0.877. The lowest BCUT2D eigenvalue weighted by Crippen LogP contribution is -2.55. The minimum Gasteiger partial charge on any atom is -0.459 e. The molecule has 0 aliphatic rings. The van der Waals surface area contributed by atoms with Crippen LogP contribution < -0.4 is 16.4 Å². The van der Waals surface area contributed by atoms with Crippen molar-refractivity contribution < 1.29 is 24.2 Å². The van der Waals surface area contributed by atoms with Crippen LogP contribution in [0.4, 0.5) is 0 Å². The van der Waals surface area contributed by atoms with Crippen molar-refractivity contribution in [3.63, 3.8) is 0 Å². The molecule has 8 nitrogen and oxygen atoms in total. The van der Waals surface area contributed by atoms with Crippen molar-refractivity contribution in [3.05, 3.63) is 71.8 Å². The lowest BCUT2D eigenvalue weighted by molar-refractivity contribution is -0.150. The fourth-order valence-electron chi connectivity index (χ4n) is 3.22. The molecule has 2 aromatic carbocycles. The summed E-state index contributed by atoms with van der Waals surface area (Å²) in [6, 6.07) is 16.5. The third-order valence-electron chi connectivity index (χ3n) is 4.97. The Morgan fingerprint density at radius 2 is 1.42 bits per heavy atom. The van der Waals surface area contributed by atoms with E-state index in [1.807, 2.05) is 74.5 Å². The van der Waals surface area contributed by atoms with Crippen LogP contribution in [0, 0.1) is 5.92 Å². The lowest BCUT2D eigenvalue weighted by atomic mass is 10.0. The van der Waals surface area contributed by atoms with Gasteiger partial charge in [-0.15, -0.1) is 0 Å². The predicted octanol–water partition coefficient (Wildman–Crippen LogP) is 1.31. The maximum Gasteiger partial charge on any atom is 0.328 e. The van der Waals surface area contributed by atoms with Crippen LogP contribution in [-0.2, 0) is 32.1 Å². The van der Waals surface area contributed by atoms with E-state index >= 15 is 0 Å². The van der Waals surface area contributed by atoms with Crippen molar-refractivity contribution in [2.24, 2.45) is 11.7 Å². The second-order valence-electron chi connectivity index (χ2n) is 8.29. The molecule has 0 aromatic heterocycles. The smallest absolute Gasteiger partial charge is 0.328 e. The number of carbonyl (C=O) groups excluding carboxylic acids is 3. The molecule has 0 radical (unpaired) electrons. The minimum absolute atomic E-state index is 0.0943. The average Bonchev–Trinajstić information content (AvgIpc) is 2.82. The Hall–Kier alpha value is -3.23. The molecule has 0 bridgehead atoms. The summed E-state index contributed by atoms with van der Waals surface area (Å²) in [7, 11) is 0. The molecule has 178 valence electrons. The third kappa shape index (κ3) is 9.03. The number of carbonyl (C=O) groups is 3. The molecule has 0 saturated carbocycles. The van der Waals surface area contributed by atoms with Crippen LogP contribution in [0.1, 0.15) is 31.4 Å². The molecule has 0 spiro atoms. The molecule has 2 aromatic rings. The zero-order valence-electron chi connectivity index (χ0n) is 19.1. The van der Waals surface area contributed by atoms with Crippen molar-refractivity contribution in [1.82, 2.24) is 10.6 Å². The summed E-state index contributed by atoms with van der Waals surface area (Å²) in [5.74, 6) is -1.73. The monoisotopic (exact) mass is 455 g/mol. The highest BCUT2D eigenvalue weighted by Crippen LogP contribution is 2.10. The number of aliphatic hydroxyl groups is 1. The first-order chi connectivity index (χ1) is 15.8. The fraction of sp³-hybridized carbons (Fsp3) is 0.400. The predicted molar refractivity (Wildman–Crippen MR) is 125 cm³/mol. The van der Waals surface area contributed by atoms with Crippen molar-refractivity contribution in [1.29, 1.82) is 0 Å². The van der Waals surface area contributed by atoms with Crippen LogP contribution in [0.3, 0.4) is 0 Å². The van der Waals surface area contributed by atoms with Crippen LogP contribution in [0.25, 0.3) is 0 Å². The van der Waals surface area contributed by atoms with Gasteiger partial charge in [0.1, 0.15) is 24.8 Å². The molecule has 5 N–H and O–H groups in total.